The van der Waals surface area contributed by atoms with Gasteiger partial charge in [-0.05, 0) is 37.9 Å². The van der Waals surface area contributed by atoms with Crippen LogP contribution >= 0.6 is 12.4 Å². The van der Waals surface area contributed by atoms with Gasteiger partial charge in [0.2, 0.25) is 0 Å². The number of rotatable bonds is 8. The molecule has 1 saturated carbocycles. The third kappa shape index (κ3) is 5.82. The number of carbonyl (C=O) groups is 1. The number of piperazine rings is 1. The zero-order valence-electron chi connectivity index (χ0n) is 14.7. The molecule has 1 amide bonds. The number of anilines is 1. The van der Waals surface area contributed by atoms with Crippen LogP contribution in [-0.4, -0.2) is 61.0 Å². The van der Waals surface area contributed by atoms with Crippen LogP contribution in [0.15, 0.2) is 18.2 Å². The molecule has 0 bridgehead atoms. The van der Waals surface area contributed by atoms with Gasteiger partial charge in [0.1, 0.15) is 5.69 Å². The first-order valence-corrected chi connectivity index (χ1v) is 8.90. The van der Waals surface area contributed by atoms with Gasteiger partial charge < -0.3 is 20.9 Å². The Morgan fingerprint density at radius 1 is 1.31 bits per heavy atom. The summed E-state index contributed by atoms with van der Waals surface area (Å²) >= 11 is 0. The fourth-order valence-corrected chi connectivity index (χ4v) is 2.93. The fraction of sp³-hybridized carbons (Fsp3) is 0.588. The van der Waals surface area contributed by atoms with Crippen LogP contribution < -0.4 is 16.0 Å². The maximum absolute atomic E-state index is 12.2. The average molecular weight is 384 g/mol. The van der Waals surface area contributed by atoms with Crippen molar-refractivity contribution in [2.75, 3.05) is 44.6 Å². The molecule has 0 unspecified atom stereocenters. The third-order valence-corrected chi connectivity index (χ3v) is 4.54. The Bertz CT molecular complexity index is 633. The highest BCUT2D eigenvalue weighted by Crippen LogP contribution is 2.31. The number of nitrogens with zero attached hydrogens (tertiary/aromatic N) is 2. The van der Waals surface area contributed by atoms with Gasteiger partial charge in [0.15, 0.2) is 0 Å². The van der Waals surface area contributed by atoms with Crippen LogP contribution in [0, 0.1) is 10.1 Å². The van der Waals surface area contributed by atoms with Crippen LogP contribution in [0.5, 0.6) is 0 Å². The predicted molar refractivity (Wildman–Crippen MR) is 103 cm³/mol. The second kappa shape index (κ2) is 9.70. The summed E-state index contributed by atoms with van der Waals surface area (Å²) in [4.78, 5) is 25.4. The number of benzene rings is 1. The molecule has 1 aliphatic heterocycles. The highest BCUT2D eigenvalue weighted by Gasteiger charge is 2.25. The van der Waals surface area contributed by atoms with Gasteiger partial charge in [0.25, 0.3) is 11.6 Å². The molecular formula is C17H26ClN5O3. The molecule has 1 heterocycles. The molecule has 0 spiro atoms. The first-order valence-electron chi connectivity index (χ1n) is 8.90. The summed E-state index contributed by atoms with van der Waals surface area (Å²) in [6.07, 6.45) is 2.94. The molecule has 0 aromatic heterocycles. The van der Waals surface area contributed by atoms with Crippen LogP contribution in [0.25, 0.3) is 0 Å². The standard InChI is InChI=1S/C17H25N5O3.ClH/c23-17(19-6-1-9-21-10-7-18-8-11-21)13-2-5-15(20-14-3-4-14)16(12-13)22(24)25;/h2,5,12,14,18,20H,1,3-4,6-11H2,(H,19,23);1H. The van der Waals surface area contributed by atoms with Gasteiger partial charge in [-0.15, -0.1) is 12.4 Å². The fourth-order valence-electron chi connectivity index (χ4n) is 2.93. The van der Waals surface area contributed by atoms with Gasteiger partial charge in [-0.2, -0.15) is 0 Å². The van der Waals surface area contributed by atoms with Crippen molar-refractivity contribution in [3.05, 3.63) is 33.9 Å². The van der Waals surface area contributed by atoms with E-state index in [2.05, 4.69) is 20.9 Å². The van der Waals surface area contributed by atoms with E-state index in [1.807, 2.05) is 0 Å². The van der Waals surface area contributed by atoms with Gasteiger partial charge in [0, 0.05) is 50.4 Å². The Morgan fingerprint density at radius 2 is 2.04 bits per heavy atom. The highest BCUT2D eigenvalue weighted by molar-refractivity contribution is 5.95. The molecule has 144 valence electrons. The number of carbonyl (C=O) groups excluding carboxylic acids is 1. The maximum Gasteiger partial charge on any atom is 0.293 e. The highest BCUT2D eigenvalue weighted by atomic mass is 35.5. The first kappa shape index (κ1) is 20.4. The Kier molecular flexibility index (Phi) is 7.62. The average Bonchev–Trinajstić information content (AvgIpc) is 3.43. The summed E-state index contributed by atoms with van der Waals surface area (Å²) in [6, 6.07) is 4.95. The number of amides is 1. The minimum absolute atomic E-state index is 0. The van der Waals surface area contributed by atoms with Crippen LogP contribution in [0.1, 0.15) is 29.6 Å². The van der Waals surface area contributed by atoms with Crippen molar-refractivity contribution < 1.29 is 9.72 Å². The molecule has 3 rings (SSSR count). The van der Waals surface area contributed by atoms with Crippen molar-refractivity contribution in [2.45, 2.75) is 25.3 Å². The number of hydrogen-bond donors (Lipinski definition) is 3. The summed E-state index contributed by atoms with van der Waals surface area (Å²) in [5.41, 5.74) is 0.776. The number of halogens is 1. The molecule has 9 heteroatoms. The molecule has 26 heavy (non-hydrogen) atoms. The number of nitro groups is 1. The zero-order valence-corrected chi connectivity index (χ0v) is 15.5. The Labute approximate surface area is 159 Å². The lowest BCUT2D eigenvalue weighted by Gasteiger charge is -2.27. The van der Waals surface area contributed by atoms with Crippen LogP contribution in [0.4, 0.5) is 11.4 Å². The topological polar surface area (TPSA) is 99.5 Å². The smallest absolute Gasteiger partial charge is 0.293 e. The maximum atomic E-state index is 12.2. The second-order valence-electron chi connectivity index (χ2n) is 6.61. The van der Waals surface area contributed by atoms with Crippen LogP contribution in [0.2, 0.25) is 0 Å². The lowest BCUT2D eigenvalue weighted by Crippen LogP contribution is -2.44. The lowest BCUT2D eigenvalue weighted by atomic mass is 10.1. The summed E-state index contributed by atoms with van der Waals surface area (Å²) in [5, 5.41) is 20.6. The lowest BCUT2D eigenvalue weighted by molar-refractivity contribution is -0.384. The Balaban J connectivity index is 0.00000243. The van der Waals surface area contributed by atoms with Crippen molar-refractivity contribution in [1.29, 1.82) is 0 Å². The quantitative estimate of drug-likeness (QED) is 0.358. The molecule has 0 atom stereocenters. The summed E-state index contributed by atoms with van der Waals surface area (Å²) in [7, 11) is 0. The van der Waals surface area contributed by atoms with Gasteiger partial charge in [-0.3, -0.25) is 14.9 Å². The summed E-state index contributed by atoms with van der Waals surface area (Å²) < 4.78 is 0. The van der Waals surface area contributed by atoms with Gasteiger partial charge >= 0.3 is 0 Å². The Hall–Kier alpha value is -1.90. The van der Waals surface area contributed by atoms with E-state index in [1.54, 1.807) is 12.1 Å². The Morgan fingerprint density at radius 3 is 2.69 bits per heavy atom. The predicted octanol–water partition coefficient (Wildman–Crippen LogP) is 1.62. The van der Waals surface area contributed by atoms with Crippen LogP contribution in [-0.2, 0) is 0 Å². The van der Waals surface area contributed by atoms with Gasteiger partial charge in [0.05, 0.1) is 4.92 Å². The molecule has 1 aliphatic carbocycles. The molecule has 2 aliphatic rings. The van der Waals surface area contributed by atoms with Crippen molar-refractivity contribution in [1.82, 2.24) is 15.5 Å². The van der Waals surface area contributed by atoms with Gasteiger partial charge in [-0.1, -0.05) is 0 Å². The monoisotopic (exact) mass is 383 g/mol. The number of nitrogens with one attached hydrogen (secondary N) is 3. The summed E-state index contributed by atoms with van der Waals surface area (Å²) in [6.45, 7) is 5.62. The van der Waals surface area contributed by atoms with Crippen LogP contribution in [0.3, 0.4) is 0 Å². The molecule has 2 fully saturated rings. The van der Waals surface area contributed by atoms with E-state index in [0.717, 1.165) is 52.0 Å². The van der Waals surface area contributed by atoms with Crippen molar-refractivity contribution in [3.8, 4) is 0 Å². The minimum Gasteiger partial charge on any atom is -0.377 e. The van der Waals surface area contributed by atoms with E-state index in [1.165, 1.54) is 6.07 Å². The third-order valence-electron chi connectivity index (χ3n) is 4.54. The summed E-state index contributed by atoms with van der Waals surface area (Å²) in [5.74, 6) is -0.263. The molecular weight excluding hydrogens is 358 g/mol. The van der Waals surface area contributed by atoms with E-state index < -0.39 is 4.92 Å². The number of hydrogen-bond acceptors (Lipinski definition) is 6. The molecule has 3 N–H and O–H groups in total. The molecule has 1 aromatic carbocycles. The van der Waals surface area contributed by atoms with Crippen molar-refractivity contribution in [2.24, 2.45) is 0 Å². The largest absolute Gasteiger partial charge is 0.377 e. The number of nitro benzene ring substituents is 1. The SMILES string of the molecule is Cl.O=C(NCCCN1CCNCC1)c1ccc(NC2CC2)c([N+](=O)[O-])c1. The molecule has 1 aromatic rings. The van der Waals surface area contributed by atoms with Crippen molar-refractivity contribution in [3.63, 3.8) is 0 Å². The van der Waals surface area contributed by atoms with E-state index in [0.29, 0.717) is 23.8 Å². The normalized spacial score (nSPS) is 17.2. The minimum atomic E-state index is -0.439. The second-order valence-corrected chi connectivity index (χ2v) is 6.61. The van der Waals surface area contributed by atoms with Gasteiger partial charge in [-0.25, -0.2) is 0 Å². The molecule has 0 radical (unpaired) electrons. The first-order chi connectivity index (χ1) is 12.1. The zero-order chi connectivity index (χ0) is 17.6. The molecule has 8 nitrogen and oxygen atoms in total. The van der Waals surface area contributed by atoms with Crippen molar-refractivity contribution >= 4 is 29.7 Å². The molecule has 1 saturated heterocycles. The van der Waals surface area contributed by atoms with E-state index in [4.69, 9.17) is 0 Å². The van der Waals surface area contributed by atoms with E-state index >= 15 is 0 Å². The van der Waals surface area contributed by atoms with E-state index in [-0.39, 0.29) is 24.0 Å². The van der Waals surface area contributed by atoms with E-state index in [9.17, 15) is 14.9 Å².